The summed E-state index contributed by atoms with van der Waals surface area (Å²) in [6, 6.07) is 37.9. The first-order valence-electron chi connectivity index (χ1n) is 14.2. The van der Waals surface area contributed by atoms with Gasteiger partial charge in [0.25, 0.3) is 0 Å². The average Bonchev–Trinajstić information content (AvgIpc) is 3.04. The molecule has 4 heteroatoms. The van der Waals surface area contributed by atoms with Gasteiger partial charge in [-0.15, -0.1) is 0 Å². The highest BCUT2D eigenvalue weighted by Crippen LogP contribution is 2.29. The predicted molar refractivity (Wildman–Crippen MR) is 159 cm³/mol. The Morgan fingerprint density at radius 1 is 0.487 bits per heavy atom. The van der Waals surface area contributed by atoms with Crippen LogP contribution in [0.15, 0.2) is 128 Å². The van der Waals surface area contributed by atoms with E-state index in [1.54, 1.807) is 12.1 Å². The van der Waals surface area contributed by atoms with Gasteiger partial charge in [-0.1, -0.05) is 97.1 Å². The van der Waals surface area contributed by atoms with Crippen LogP contribution in [0.3, 0.4) is 0 Å². The first-order valence-corrected chi connectivity index (χ1v) is 12.7. The molecule has 3 aromatic heterocycles. The van der Waals surface area contributed by atoms with Crippen LogP contribution in [0.1, 0.15) is 9.81 Å². The quantitative estimate of drug-likeness (QED) is 0.226. The number of benzene rings is 4. The summed E-state index contributed by atoms with van der Waals surface area (Å²) in [6.07, 6.45) is 3.70. The van der Waals surface area contributed by atoms with Gasteiger partial charge in [0, 0.05) is 49.7 Å². The SMILES string of the molecule is [2H]C([2H])([2H])c1ccc2ccc3ccc(-c4cccc(-c5ncc(-c6ccc(-c7ccccc7)cc6)cn5)c4)nc3c2n1. The van der Waals surface area contributed by atoms with Gasteiger partial charge < -0.3 is 0 Å². The van der Waals surface area contributed by atoms with Crippen LogP contribution in [0.4, 0.5) is 0 Å². The Balaban J connectivity index is 1.20. The van der Waals surface area contributed by atoms with Gasteiger partial charge in [0.2, 0.25) is 0 Å². The summed E-state index contributed by atoms with van der Waals surface area (Å²) in [7, 11) is 0. The Labute approximate surface area is 230 Å². The summed E-state index contributed by atoms with van der Waals surface area (Å²) < 4.78 is 23.3. The number of hydrogen-bond acceptors (Lipinski definition) is 4. The molecule has 0 radical (unpaired) electrons. The van der Waals surface area contributed by atoms with Gasteiger partial charge in [-0.05, 0) is 41.7 Å². The van der Waals surface area contributed by atoms with Crippen LogP contribution in [0.2, 0.25) is 0 Å². The molecule has 184 valence electrons. The molecule has 0 spiro atoms. The maximum absolute atomic E-state index is 7.78. The van der Waals surface area contributed by atoms with E-state index in [1.165, 1.54) is 5.56 Å². The van der Waals surface area contributed by atoms with E-state index in [-0.39, 0.29) is 5.69 Å². The first kappa shape index (κ1) is 19.8. The standard InChI is InChI=1S/C35H24N4/c1-23-10-11-27-16-17-28-18-19-32(39-34(28)33(27)38-23)29-8-5-9-30(20-29)35-36-21-31(22-37-35)26-14-12-25(13-15-26)24-6-3-2-4-7-24/h2-22H,1H3/i1D3. The van der Waals surface area contributed by atoms with E-state index in [9.17, 15) is 0 Å². The third kappa shape index (κ3) is 4.42. The Bertz CT molecular complexity index is 2050. The molecule has 7 rings (SSSR count). The van der Waals surface area contributed by atoms with Gasteiger partial charge in [0.15, 0.2) is 5.82 Å². The van der Waals surface area contributed by atoms with Crippen molar-refractivity contribution >= 4 is 21.8 Å². The van der Waals surface area contributed by atoms with Crippen LogP contribution >= 0.6 is 0 Å². The molecule has 0 saturated carbocycles. The smallest absolute Gasteiger partial charge is 0.159 e. The maximum atomic E-state index is 7.78. The van der Waals surface area contributed by atoms with Gasteiger partial charge in [-0.2, -0.15) is 0 Å². The van der Waals surface area contributed by atoms with Crippen molar-refractivity contribution in [1.29, 1.82) is 0 Å². The van der Waals surface area contributed by atoms with Crippen molar-refractivity contribution in [3.8, 4) is 44.9 Å². The fraction of sp³-hybridized carbons (Fsp3) is 0.0286. The fourth-order valence-corrected chi connectivity index (χ4v) is 4.86. The molecule has 0 saturated heterocycles. The molecule has 0 aliphatic heterocycles. The molecule has 3 heterocycles. The Morgan fingerprint density at radius 3 is 1.82 bits per heavy atom. The number of aromatic nitrogens is 4. The second-order valence-corrected chi connectivity index (χ2v) is 9.42. The lowest BCUT2D eigenvalue weighted by Gasteiger charge is -2.08. The fourth-order valence-electron chi connectivity index (χ4n) is 4.86. The van der Waals surface area contributed by atoms with E-state index in [0.717, 1.165) is 44.3 Å². The average molecular weight is 504 g/mol. The summed E-state index contributed by atoms with van der Waals surface area (Å²) in [6.45, 7) is -2.29. The number of pyridine rings is 2. The van der Waals surface area contributed by atoms with Gasteiger partial charge in [-0.25, -0.2) is 15.0 Å². The molecule has 0 atom stereocenters. The minimum absolute atomic E-state index is 0.0597. The molecule has 0 N–H and O–H groups in total. The summed E-state index contributed by atoms with van der Waals surface area (Å²) in [5.41, 5.74) is 8.19. The summed E-state index contributed by atoms with van der Waals surface area (Å²) in [5.74, 6) is 0.622. The third-order valence-corrected chi connectivity index (χ3v) is 6.91. The van der Waals surface area contributed by atoms with E-state index < -0.39 is 6.85 Å². The second-order valence-electron chi connectivity index (χ2n) is 9.42. The van der Waals surface area contributed by atoms with Crippen molar-refractivity contribution in [2.24, 2.45) is 0 Å². The van der Waals surface area contributed by atoms with Gasteiger partial charge in [-0.3, -0.25) is 4.98 Å². The van der Waals surface area contributed by atoms with E-state index >= 15 is 0 Å². The van der Waals surface area contributed by atoms with Crippen molar-refractivity contribution in [2.75, 3.05) is 0 Å². The van der Waals surface area contributed by atoms with Gasteiger partial charge >= 0.3 is 0 Å². The Morgan fingerprint density at radius 2 is 1.08 bits per heavy atom. The molecular formula is C35H24N4. The number of fused-ring (bicyclic) bond motifs is 3. The normalized spacial score (nSPS) is 12.7. The first-order chi connectivity index (χ1) is 20.4. The zero-order valence-corrected chi connectivity index (χ0v) is 20.9. The molecular weight excluding hydrogens is 476 g/mol. The molecule has 0 bridgehead atoms. The van der Waals surface area contributed by atoms with Crippen LogP contribution in [0, 0.1) is 6.85 Å². The molecule has 0 aliphatic rings. The van der Waals surface area contributed by atoms with E-state index in [1.807, 2.05) is 79.1 Å². The zero-order valence-electron chi connectivity index (χ0n) is 23.9. The van der Waals surface area contributed by atoms with Crippen molar-refractivity contribution in [3.63, 3.8) is 0 Å². The topological polar surface area (TPSA) is 51.6 Å². The van der Waals surface area contributed by atoms with E-state index in [2.05, 4.69) is 51.4 Å². The highest BCUT2D eigenvalue weighted by molar-refractivity contribution is 6.03. The lowest BCUT2D eigenvalue weighted by Crippen LogP contribution is -1.92. The minimum Gasteiger partial charge on any atom is -0.251 e. The van der Waals surface area contributed by atoms with Crippen molar-refractivity contribution in [1.82, 2.24) is 19.9 Å². The van der Waals surface area contributed by atoms with Crippen LogP contribution in [0.5, 0.6) is 0 Å². The number of hydrogen-bond donors (Lipinski definition) is 0. The summed E-state index contributed by atoms with van der Waals surface area (Å²) >= 11 is 0. The van der Waals surface area contributed by atoms with E-state index in [4.69, 9.17) is 9.10 Å². The van der Waals surface area contributed by atoms with Gasteiger partial charge in [0.05, 0.1) is 16.7 Å². The molecule has 39 heavy (non-hydrogen) atoms. The molecule has 0 aliphatic carbocycles. The summed E-state index contributed by atoms with van der Waals surface area (Å²) in [4.78, 5) is 18.7. The Kier molecular flexibility index (Phi) is 4.87. The number of nitrogens with zero attached hydrogens (tertiary/aromatic N) is 4. The monoisotopic (exact) mass is 503 g/mol. The molecule has 4 nitrogen and oxygen atoms in total. The lowest BCUT2D eigenvalue weighted by atomic mass is 10.0. The maximum Gasteiger partial charge on any atom is 0.159 e. The predicted octanol–water partition coefficient (Wildman–Crippen LogP) is 8.55. The molecule has 7 aromatic rings. The minimum atomic E-state index is -2.29. The second kappa shape index (κ2) is 9.58. The summed E-state index contributed by atoms with van der Waals surface area (Å²) in [5, 5.41) is 1.74. The number of rotatable bonds is 4. The molecule has 0 unspecified atom stereocenters. The molecule has 4 aromatic carbocycles. The van der Waals surface area contributed by atoms with Gasteiger partial charge in [0.1, 0.15) is 0 Å². The van der Waals surface area contributed by atoms with Crippen molar-refractivity contribution in [3.05, 3.63) is 133 Å². The molecule has 0 amide bonds. The van der Waals surface area contributed by atoms with Crippen LogP contribution in [-0.2, 0) is 0 Å². The zero-order chi connectivity index (χ0) is 28.7. The van der Waals surface area contributed by atoms with Crippen LogP contribution in [0.25, 0.3) is 66.7 Å². The number of aryl methyl sites for hydroxylation is 1. The van der Waals surface area contributed by atoms with Crippen LogP contribution in [-0.4, -0.2) is 19.9 Å². The van der Waals surface area contributed by atoms with Crippen molar-refractivity contribution in [2.45, 2.75) is 6.85 Å². The van der Waals surface area contributed by atoms with Crippen molar-refractivity contribution < 1.29 is 4.11 Å². The van der Waals surface area contributed by atoms with E-state index in [0.29, 0.717) is 16.9 Å². The van der Waals surface area contributed by atoms with Crippen LogP contribution < -0.4 is 0 Å². The largest absolute Gasteiger partial charge is 0.251 e. The third-order valence-electron chi connectivity index (χ3n) is 6.91. The lowest BCUT2D eigenvalue weighted by molar-refractivity contribution is 1.18. The highest BCUT2D eigenvalue weighted by Gasteiger charge is 2.10. The highest BCUT2D eigenvalue weighted by atomic mass is 14.9. The molecule has 0 fully saturated rings. The Hall–Kier alpha value is -5.22.